The van der Waals surface area contributed by atoms with E-state index >= 15 is 0 Å². The third-order valence-electron chi connectivity index (χ3n) is 7.63. The van der Waals surface area contributed by atoms with E-state index in [4.69, 9.17) is 24.2 Å². The molecule has 1 fully saturated rings. The number of hydrogen-bond acceptors (Lipinski definition) is 9. The highest BCUT2D eigenvalue weighted by atomic mass is 16.6. The number of aliphatic hydroxyl groups is 2. The Labute approximate surface area is 249 Å². The van der Waals surface area contributed by atoms with E-state index in [1.807, 2.05) is 66.7 Å². The van der Waals surface area contributed by atoms with E-state index in [2.05, 4.69) is 34.6 Å². The molecular formula is C33H35N5O5. The number of nitrogens with one attached hydrogen (secondary N) is 1. The van der Waals surface area contributed by atoms with Gasteiger partial charge >= 0.3 is 0 Å². The predicted molar refractivity (Wildman–Crippen MR) is 161 cm³/mol. The number of fused-ring (bicyclic) bond motifs is 1. The van der Waals surface area contributed by atoms with Crippen LogP contribution in [0, 0.1) is 0 Å². The van der Waals surface area contributed by atoms with Gasteiger partial charge in [0, 0.05) is 19.6 Å². The second kappa shape index (κ2) is 13.4. The van der Waals surface area contributed by atoms with Crippen molar-refractivity contribution in [3.05, 3.63) is 120 Å². The molecule has 10 nitrogen and oxygen atoms in total. The van der Waals surface area contributed by atoms with Gasteiger partial charge in [-0.1, -0.05) is 91.0 Å². The Balaban J connectivity index is 1.32. The topological polar surface area (TPSA) is 124 Å². The summed E-state index contributed by atoms with van der Waals surface area (Å²) in [6, 6.07) is 30.5. The molecule has 222 valence electrons. The second-order valence-corrected chi connectivity index (χ2v) is 10.5. The first kappa shape index (κ1) is 28.9. The molecule has 0 unspecified atom stereocenters. The van der Waals surface area contributed by atoms with Crippen LogP contribution in [0.25, 0.3) is 11.2 Å². The van der Waals surface area contributed by atoms with Gasteiger partial charge in [0.2, 0.25) is 0 Å². The highest BCUT2D eigenvalue weighted by Gasteiger charge is 2.44. The van der Waals surface area contributed by atoms with Crippen LogP contribution in [0.15, 0.2) is 97.3 Å². The number of hydrogen-bond donors (Lipinski definition) is 3. The highest BCUT2D eigenvalue weighted by Crippen LogP contribution is 2.33. The Morgan fingerprint density at radius 3 is 2.16 bits per heavy atom. The Morgan fingerprint density at radius 1 is 0.860 bits per heavy atom. The van der Waals surface area contributed by atoms with Gasteiger partial charge in [-0.15, -0.1) is 0 Å². The molecule has 0 aliphatic carbocycles. The molecule has 10 heteroatoms. The zero-order valence-electron chi connectivity index (χ0n) is 23.9. The van der Waals surface area contributed by atoms with Crippen LogP contribution in [0.1, 0.15) is 34.7 Å². The number of ether oxygens (including phenoxy) is 3. The molecular weight excluding hydrogens is 546 g/mol. The molecule has 0 amide bonds. The summed E-state index contributed by atoms with van der Waals surface area (Å²) in [6.07, 6.45) is -2.34. The smallest absolute Gasteiger partial charge is 0.168 e. The first-order valence-corrected chi connectivity index (χ1v) is 14.3. The quantitative estimate of drug-likeness (QED) is 0.200. The number of rotatable bonds is 12. The maximum Gasteiger partial charge on any atom is 0.168 e. The molecule has 0 bridgehead atoms. The van der Waals surface area contributed by atoms with Crippen LogP contribution in [0.3, 0.4) is 0 Å². The van der Waals surface area contributed by atoms with E-state index in [1.165, 1.54) is 18.2 Å². The summed E-state index contributed by atoms with van der Waals surface area (Å²) in [5.74, 6) is 1.04. The molecule has 1 aliphatic rings. The van der Waals surface area contributed by atoms with E-state index in [1.54, 1.807) is 10.9 Å². The molecule has 1 aliphatic heterocycles. The number of aromatic nitrogens is 4. The minimum Gasteiger partial charge on any atom is -0.387 e. The Morgan fingerprint density at radius 2 is 1.51 bits per heavy atom. The largest absolute Gasteiger partial charge is 0.387 e. The number of aliphatic hydroxyl groups excluding tert-OH is 2. The number of nitrogens with zero attached hydrogens (tertiary/aromatic N) is 4. The lowest BCUT2D eigenvalue weighted by Crippen LogP contribution is -2.33. The van der Waals surface area contributed by atoms with Gasteiger partial charge in [0.15, 0.2) is 29.0 Å². The average molecular weight is 582 g/mol. The van der Waals surface area contributed by atoms with Gasteiger partial charge in [0.1, 0.15) is 24.9 Å². The number of methoxy groups -OCH3 is 1. The van der Waals surface area contributed by atoms with Crippen LogP contribution in [-0.2, 0) is 27.4 Å². The third kappa shape index (κ3) is 6.43. The summed E-state index contributed by atoms with van der Waals surface area (Å²) in [6.45, 7) is 1.26. The van der Waals surface area contributed by atoms with Crippen LogP contribution < -0.4 is 5.32 Å². The van der Waals surface area contributed by atoms with Crippen molar-refractivity contribution in [1.82, 2.24) is 19.5 Å². The van der Waals surface area contributed by atoms with Gasteiger partial charge in [-0.25, -0.2) is 15.0 Å². The molecule has 4 atom stereocenters. The van der Waals surface area contributed by atoms with Crippen LogP contribution in [0.2, 0.25) is 0 Å². The molecule has 0 saturated carbocycles. The zero-order chi connectivity index (χ0) is 29.6. The van der Waals surface area contributed by atoms with Crippen LogP contribution in [-0.4, -0.2) is 68.3 Å². The van der Waals surface area contributed by atoms with Crippen molar-refractivity contribution in [3.63, 3.8) is 0 Å². The van der Waals surface area contributed by atoms with Crippen LogP contribution in [0.4, 0.5) is 5.82 Å². The summed E-state index contributed by atoms with van der Waals surface area (Å²) in [5.41, 5.74) is 4.36. The van der Waals surface area contributed by atoms with Crippen molar-refractivity contribution < 1.29 is 24.4 Å². The third-order valence-corrected chi connectivity index (χ3v) is 7.63. The zero-order valence-corrected chi connectivity index (χ0v) is 23.9. The van der Waals surface area contributed by atoms with Gasteiger partial charge in [-0.05, 0) is 16.7 Å². The lowest BCUT2D eigenvalue weighted by molar-refractivity contribution is -0.0580. The Bertz CT molecular complexity index is 1560. The van der Waals surface area contributed by atoms with Crippen LogP contribution in [0.5, 0.6) is 0 Å². The summed E-state index contributed by atoms with van der Waals surface area (Å²) in [5, 5.41) is 25.0. The first-order valence-electron chi connectivity index (χ1n) is 14.3. The fourth-order valence-corrected chi connectivity index (χ4v) is 5.43. The number of anilines is 1. The summed E-state index contributed by atoms with van der Waals surface area (Å²) in [4.78, 5) is 14.2. The second-order valence-electron chi connectivity index (χ2n) is 10.5. The van der Waals surface area contributed by atoms with Gasteiger partial charge in [-0.2, -0.15) is 0 Å². The lowest BCUT2D eigenvalue weighted by atomic mass is 9.91. The molecule has 0 spiro atoms. The Hall–Kier alpha value is -4.19. The fraction of sp³-hybridized carbons (Fsp3) is 0.303. The molecule has 3 heterocycles. The number of benzene rings is 3. The van der Waals surface area contributed by atoms with E-state index in [-0.39, 0.29) is 19.1 Å². The molecule has 1 saturated heterocycles. The standard InChI is InChI=1S/C33H35N5O5/c1-41-19-26-29(39)30(40)33(43-26)38-21-35-28-31(36-27(37-32(28)38)20-42-18-22-11-5-2-6-12-22)34-17-25(23-13-7-3-8-14-23)24-15-9-4-10-16-24/h2-16,21,25-26,29-30,33,39-40H,17-20H2,1H3,(H,34,36,37)/t26-,29-,30-,33-/m1/s1. The minimum absolute atomic E-state index is 0.0530. The van der Waals surface area contributed by atoms with Gasteiger partial charge in [0.25, 0.3) is 0 Å². The normalized spacial score (nSPS) is 20.2. The maximum absolute atomic E-state index is 10.9. The van der Waals surface area contributed by atoms with Crippen molar-refractivity contribution >= 4 is 17.0 Å². The lowest BCUT2D eigenvalue weighted by Gasteiger charge is -2.20. The fourth-order valence-electron chi connectivity index (χ4n) is 5.43. The van der Waals surface area contributed by atoms with Gasteiger partial charge in [-0.3, -0.25) is 4.57 Å². The molecule has 3 aromatic carbocycles. The first-order chi connectivity index (χ1) is 21.1. The number of imidazole rings is 1. The van der Waals surface area contributed by atoms with Crippen molar-refractivity contribution in [3.8, 4) is 0 Å². The molecule has 6 rings (SSSR count). The van der Waals surface area contributed by atoms with Gasteiger partial charge in [0.05, 0.1) is 19.5 Å². The van der Waals surface area contributed by atoms with E-state index in [9.17, 15) is 10.2 Å². The summed E-state index contributed by atoms with van der Waals surface area (Å²) >= 11 is 0. The van der Waals surface area contributed by atoms with E-state index < -0.39 is 24.5 Å². The SMILES string of the molecule is COC[C@H]1O[C@@H](n2cnc3c(NCC(c4ccccc4)c4ccccc4)nc(COCc4ccccc4)nc32)[C@H](O)[C@@H]1O. The molecule has 2 aromatic heterocycles. The van der Waals surface area contributed by atoms with E-state index in [0.717, 1.165) is 5.56 Å². The van der Waals surface area contributed by atoms with Crippen LogP contribution >= 0.6 is 0 Å². The van der Waals surface area contributed by atoms with Crippen molar-refractivity contribution in [2.45, 2.75) is 43.7 Å². The molecule has 0 radical (unpaired) electrons. The van der Waals surface area contributed by atoms with Crippen molar-refractivity contribution in [1.29, 1.82) is 0 Å². The monoisotopic (exact) mass is 581 g/mol. The van der Waals surface area contributed by atoms with E-state index in [0.29, 0.717) is 36.0 Å². The van der Waals surface area contributed by atoms with Crippen molar-refractivity contribution in [2.75, 3.05) is 25.6 Å². The summed E-state index contributed by atoms with van der Waals surface area (Å²) in [7, 11) is 1.52. The highest BCUT2D eigenvalue weighted by molar-refractivity contribution is 5.83. The average Bonchev–Trinajstić information content (AvgIpc) is 3.59. The molecule has 5 aromatic rings. The Kier molecular flexibility index (Phi) is 9.01. The van der Waals surface area contributed by atoms with Gasteiger partial charge < -0.3 is 29.7 Å². The van der Waals surface area contributed by atoms with Crippen molar-refractivity contribution in [2.24, 2.45) is 0 Å². The minimum atomic E-state index is -1.19. The summed E-state index contributed by atoms with van der Waals surface area (Å²) < 4.78 is 18.8. The molecule has 3 N–H and O–H groups in total. The molecule has 43 heavy (non-hydrogen) atoms. The maximum atomic E-state index is 10.9. The predicted octanol–water partition coefficient (Wildman–Crippen LogP) is 4.05.